The normalized spacial score (nSPS) is 18.4. The van der Waals surface area contributed by atoms with Gasteiger partial charge in [0.1, 0.15) is 0 Å². The Labute approximate surface area is 159 Å². The number of fused-ring (bicyclic) bond motifs is 1. The maximum Gasteiger partial charge on any atom is 0.0351 e. The van der Waals surface area contributed by atoms with Crippen molar-refractivity contribution in [3.63, 3.8) is 0 Å². The van der Waals surface area contributed by atoms with Crippen LogP contribution in [0, 0.1) is 18.8 Å². The van der Waals surface area contributed by atoms with Crippen molar-refractivity contribution in [2.45, 2.75) is 65.0 Å². The first kappa shape index (κ1) is 18.7. The quantitative estimate of drug-likeness (QED) is 0.617. The average Bonchev–Trinajstić information content (AvgIpc) is 2.61. The monoisotopic (exact) mass is 345 g/mol. The van der Waals surface area contributed by atoms with Gasteiger partial charge in [0.05, 0.1) is 0 Å². The Kier molecular flexibility index (Phi) is 5.26. The summed E-state index contributed by atoms with van der Waals surface area (Å²) in [5, 5.41) is 0. The van der Waals surface area contributed by atoms with Crippen LogP contribution in [-0.2, 0) is 5.41 Å². The molecule has 0 heterocycles. The smallest absolute Gasteiger partial charge is 0.0351 e. The second-order valence-electron chi connectivity index (χ2n) is 8.62. The molecule has 1 unspecified atom stereocenters. The van der Waals surface area contributed by atoms with Gasteiger partial charge in [0.25, 0.3) is 0 Å². The molecule has 1 nitrogen and oxygen atoms in total. The van der Waals surface area contributed by atoms with Gasteiger partial charge in [-0.3, -0.25) is 4.90 Å². The molecule has 0 aromatic heterocycles. The Hall–Kier alpha value is -2.04. The van der Waals surface area contributed by atoms with Gasteiger partial charge in [0.15, 0.2) is 0 Å². The molecule has 0 aliphatic heterocycles. The molecule has 1 atom stereocenters. The first-order valence-electron chi connectivity index (χ1n) is 9.73. The molecule has 1 aliphatic rings. The van der Waals surface area contributed by atoms with Crippen LogP contribution in [0.3, 0.4) is 0 Å². The van der Waals surface area contributed by atoms with Gasteiger partial charge in [-0.2, -0.15) is 0 Å². The lowest BCUT2D eigenvalue weighted by atomic mass is 9.70. The summed E-state index contributed by atoms with van der Waals surface area (Å²) in [5.74, 6) is 6.69. The van der Waals surface area contributed by atoms with Crippen LogP contribution in [0.25, 0.3) is 0 Å². The Balaban J connectivity index is 1.96. The van der Waals surface area contributed by atoms with E-state index in [9.17, 15) is 0 Å². The lowest BCUT2D eigenvalue weighted by Gasteiger charge is -2.42. The highest BCUT2D eigenvalue weighted by molar-refractivity contribution is 5.49. The van der Waals surface area contributed by atoms with Gasteiger partial charge >= 0.3 is 0 Å². The van der Waals surface area contributed by atoms with Crippen molar-refractivity contribution < 1.29 is 0 Å². The molecule has 0 radical (unpaired) electrons. The Morgan fingerprint density at radius 2 is 1.62 bits per heavy atom. The molecular weight excluding hydrogens is 314 g/mol. The average molecular weight is 346 g/mol. The zero-order valence-electron chi connectivity index (χ0n) is 17.1. The summed E-state index contributed by atoms with van der Waals surface area (Å²) in [6.07, 6.45) is 2.44. The number of benzene rings is 2. The second kappa shape index (κ2) is 7.29. The van der Waals surface area contributed by atoms with Crippen LogP contribution in [0.2, 0.25) is 0 Å². The number of hydrogen-bond donors (Lipinski definition) is 0. The fraction of sp³-hybridized carbons (Fsp3) is 0.440. The van der Waals surface area contributed by atoms with Crippen LogP contribution in [-0.4, -0.2) is 18.0 Å². The minimum Gasteiger partial charge on any atom is -0.297 e. The van der Waals surface area contributed by atoms with Crippen molar-refractivity contribution in [3.8, 4) is 11.8 Å². The molecule has 0 saturated carbocycles. The number of nitrogens with zero attached hydrogens (tertiary/aromatic N) is 1. The summed E-state index contributed by atoms with van der Waals surface area (Å²) in [4.78, 5) is 2.51. The van der Waals surface area contributed by atoms with Crippen molar-refractivity contribution in [2.75, 3.05) is 7.05 Å². The third kappa shape index (κ3) is 3.87. The SMILES string of the molecule is Cc1ccc(C#Cc2ccc3c(c2)C(C)(C)CCC3N(C)C(C)C)cc1. The van der Waals surface area contributed by atoms with E-state index in [4.69, 9.17) is 0 Å². The summed E-state index contributed by atoms with van der Waals surface area (Å²) < 4.78 is 0. The fourth-order valence-corrected chi connectivity index (χ4v) is 3.86. The van der Waals surface area contributed by atoms with Gasteiger partial charge in [0, 0.05) is 23.2 Å². The van der Waals surface area contributed by atoms with E-state index in [-0.39, 0.29) is 5.41 Å². The maximum atomic E-state index is 3.37. The zero-order valence-corrected chi connectivity index (χ0v) is 17.1. The molecule has 0 fully saturated rings. The van der Waals surface area contributed by atoms with Crippen molar-refractivity contribution in [2.24, 2.45) is 0 Å². The molecule has 0 amide bonds. The van der Waals surface area contributed by atoms with Crippen molar-refractivity contribution in [1.82, 2.24) is 4.90 Å². The van der Waals surface area contributed by atoms with Gasteiger partial charge in [0.2, 0.25) is 0 Å². The predicted molar refractivity (Wildman–Crippen MR) is 112 cm³/mol. The lowest BCUT2D eigenvalue weighted by molar-refractivity contribution is 0.163. The topological polar surface area (TPSA) is 3.24 Å². The van der Waals surface area contributed by atoms with E-state index >= 15 is 0 Å². The van der Waals surface area contributed by atoms with Crippen LogP contribution in [0.1, 0.15) is 74.4 Å². The predicted octanol–water partition coefficient (Wildman–Crippen LogP) is 5.85. The third-order valence-electron chi connectivity index (χ3n) is 5.89. The molecule has 0 bridgehead atoms. The van der Waals surface area contributed by atoms with Crippen molar-refractivity contribution in [1.29, 1.82) is 0 Å². The highest BCUT2D eigenvalue weighted by Crippen LogP contribution is 2.44. The summed E-state index contributed by atoms with van der Waals surface area (Å²) in [6.45, 7) is 11.4. The van der Waals surface area contributed by atoms with E-state index in [1.807, 2.05) is 0 Å². The summed E-state index contributed by atoms with van der Waals surface area (Å²) >= 11 is 0. The molecular formula is C25H31N. The van der Waals surface area contributed by atoms with E-state index in [0.29, 0.717) is 12.1 Å². The number of hydrogen-bond acceptors (Lipinski definition) is 1. The maximum absolute atomic E-state index is 3.37. The van der Waals surface area contributed by atoms with Crippen LogP contribution in [0.5, 0.6) is 0 Å². The molecule has 1 aliphatic carbocycles. The standard InChI is InChI=1S/C25H31N/c1-18(2)26(6)24-15-16-25(4,5)23-17-21(13-14-22(23)24)12-11-20-9-7-19(3)8-10-20/h7-10,13-14,17-18,24H,15-16H2,1-6H3. The highest BCUT2D eigenvalue weighted by Gasteiger charge is 2.34. The minimum absolute atomic E-state index is 0.213. The summed E-state index contributed by atoms with van der Waals surface area (Å²) in [7, 11) is 2.25. The van der Waals surface area contributed by atoms with Gasteiger partial charge in [-0.05, 0) is 81.5 Å². The molecule has 1 heteroatoms. The van der Waals surface area contributed by atoms with Crippen LogP contribution in [0.15, 0.2) is 42.5 Å². The Bertz CT molecular complexity index is 831. The van der Waals surface area contributed by atoms with Gasteiger partial charge in [-0.1, -0.05) is 49.5 Å². The molecule has 3 rings (SSSR count). The van der Waals surface area contributed by atoms with E-state index in [1.165, 1.54) is 29.5 Å². The largest absolute Gasteiger partial charge is 0.297 e. The van der Waals surface area contributed by atoms with E-state index in [1.54, 1.807) is 0 Å². The first-order valence-corrected chi connectivity index (χ1v) is 9.73. The van der Waals surface area contributed by atoms with Crippen LogP contribution in [0.4, 0.5) is 0 Å². The van der Waals surface area contributed by atoms with Crippen molar-refractivity contribution in [3.05, 3.63) is 70.3 Å². The van der Waals surface area contributed by atoms with E-state index < -0.39 is 0 Å². The van der Waals surface area contributed by atoms with Crippen LogP contribution >= 0.6 is 0 Å². The van der Waals surface area contributed by atoms with Gasteiger partial charge in [-0.15, -0.1) is 0 Å². The Morgan fingerprint density at radius 1 is 1.00 bits per heavy atom. The Morgan fingerprint density at radius 3 is 2.27 bits per heavy atom. The fourth-order valence-electron chi connectivity index (χ4n) is 3.86. The first-order chi connectivity index (χ1) is 12.3. The van der Waals surface area contributed by atoms with E-state index in [0.717, 1.165) is 11.1 Å². The van der Waals surface area contributed by atoms with Gasteiger partial charge < -0.3 is 0 Å². The van der Waals surface area contributed by atoms with Crippen LogP contribution < -0.4 is 0 Å². The molecule has 0 saturated heterocycles. The molecule has 136 valence electrons. The molecule has 2 aromatic rings. The minimum atomic E-state index is 0.213. The molecule has 0 N–H and O–H groups in total. The third-order valence-corrected chi connectivity index (χ3v) is 5.89. The molecule has 2 aromatic carbocycles. The molecule has 26 heavy (non-hydrogen) atoms. The lowest BCUT2D eigenvalue weighted by Crippen LogP contribution is -2.37. The number of aryl methyl sites for hydroxylation is 1. The summed E-state index contributed by atoms with van der Waals surface area (Å²) in [5.41, 5.74) is 6.63. The summed E-state index contributed by atoms with van der Waals surface area (Å²) in [6, 6.07) is 16.3. The second-order valence-corrected chi connectivity index (χ2v) is 8.62. The van der Waals surface area contributed by atoms with Crippen molar-refractivity contribution >= 4 is 0 Å². The number of rotatable bonds is 2. The highest BCUT2D eigenvalue weighted by atomic mass is 15.1. The van der Waals surface area contributed by atoms with E-state index in [2.05, 4.69) is 101 Å². The zero-order chi connectivity index (χ0) is 18.9. The van der Waals surface area contributed by atoms with Gasteiger partial charge in [-0.25, -0.2) is 0 Å². The molecule has 0 spiro atoms.